The lowest BCUT2D eigenvalue weighted by atomic mass is 11.3. The molecule has 0 heterocycles. The summed E-state index contributed by atoms with van der Waals surface area (Å²) in [5.41, 5.74) is 0. The standard InChI is InChI=1S/C2H2O5.2C2H4/c3-1(4)7-2(5)6;2*1-2/h(H,3,4)(H,5,6);2*1-2H2. The third-order valence-electron chi connectivity index (χ3n) is 0.175. The lowest BCUT2D eigenvalue weighted by Gasteiger charge is -1.84. The molecule has 0 aromatic heterocycles. The Morgan fingerprint density at radius 1 is 0.909 bits per heavy atom. The molecule has 0 saturated heterocycles. The summed E-state index contributed by atoms with van der Waals surface area (Å²) in [6.07, 6.45) is -3.62. The van der Waals surface area contributed by atoms with Crippen LogP contribution in [0, 0.1) is 0 Å². The van der Waals surface area contributed by atoms with Crippen molar-refractivity contribution >= 4 is 12.3 Å². The molecule has 0 unspecified atom stereocenters. The molecule has 0 bridgehead atoms. The van der Waals surface area contributed by atoms with Gasteiger partial charge in [-0.25, -0.2) is 9.59 Å². The molecule has 0 radical (unpaired) electrons. The van der Waals surface area contributed by atoms with E-state index < -0.39 is 12.3 Å². The minimum atomic E-state index is -1.81. The third kappa shape index (κ3) is 64.5. The monoisotopic (exact) mass is 162 g/mol. The Balaban J connectivity index is -0.000000138. The molecule has 64 valence electrons. The Morgan fingerprint density at radius 2 is 1.09 bits per heavy atom. The molecule has 0 rings (SSSR count). The Kier molecular flexibility index (Phi) is 23.0. The van der Waals surface area contributed by atoms with E-state index in [4.69, 9.17) is 10.2 Å². The minimum Gasteiger partial charge on any atom is -0.449 e. The summed E-state index contributed by atoms with van der Waals surface area (Å²) in [6.45, 7) is 12.0. The van der Waals surface area contributed by atoms with Crippen LogP contribution >= 0.6 is 0 Å². The predicted octanol–water partition coefficient (Wildman–Crippen LogP) is 1.96. The van der Waals surface area contributed by atoms with Gasteiger partial charge in [-0.3, -0.25) is 0 Å². The average molecular weight is 162 g/mol. The summed E-state index contributed by atoms with van der Waals surface area (Å²) in [7, 11) is 0. The van der Waals surface area contributed by atoms with Crippen LogP contribution in [0.4, 0.5) is 9.59 Å². The van der Waals surface area contributed by atoms with Gasteiger partial charge >= 0.3 is 12.3 Å². The molecular weight excluding hydrogens is 152 g/mol. The van der Waals surface area contributed by atoms with Crippen molar-refractivity contribution in [1.29, 1.82) is 0 Å². The molecule has 0 fully saturated rings. The van der Waals surface area contributed by atoms with Gasteiger partial charge in [-0.1, -0.05) is 0 Å². The summed E-state index contributed by atoms with van der Waals surface area (Å²) in [5.74, 6) is 0. The van der Waals surface area contributed by atoms with Gasteiger partial charge in [0.05, 0.1) is 0 Å². The van der Waals surface area contributed by atoms with Gasteiger partial charge in [0.15, 0.2) is 0 Å². The summed E-state index contributed by atoms with van der Waals surface area (Å²) < 4.78 is 3.08. The number of hydrogen-bond donors (Lipinski definition) is 2. The Bertz CT molecular complexity index is 106. The largest absolute Gasteiger partial charge is 0.516 e. The highest BCUT2D eigenvalue weighted by molar-refractivity contribution is 5.74. The van der Waals surface area contributed by atoms with Gasteiger partial charge in [0.1, 0.15) is 0 Å². The number of hydrogen-bond acceptors (Lipinski definition) is 3. The van der Waals surface area contributed by atoms with E-state index >= 15 is 0 Å². The molecule has 0 atom stereocenters. The SMILES string of the molecule is C=C.C=C.O=C(O)OC(=O)O. The van der Waals surface area contributed by atoms with Gasteiger partial charge in [-0.05, 0) is 0 Å². The minimum absolute atomic E-state index is 1.81. The lowest BCUT2D eigenvalue weighted by molar-refractivity contribution is 0.0802. The van der Waals surface area contributed by atoms with Gasteiger partial charge in [0, 0.05) is 0 Å². The maximum Gasteiger partial charge on any atom is 0.516 e. The van der Waals surface area contributed by atoms with Gasteiger partial charge < -0.3 is 14.9 Å². The molecule has 0 aliphatic heterocycles. The van der Waals surface area contributed by atoms with E-state index in [0.717, 1.165) is 0 Å². The molecular formula is C6H10O5. The molecule has 0 aromatic carbocycles. The Labute approximate surface area is 64.2 Å². The van der Waals surface area contributed by atoms with Crippen LogP contribution in [0.1, 0.15) is 0 Å². The zero-order chi connectivity index (χ0) is 9.86. The summed E-state index contributed by atoms with van der Waals surface area (Å²) >= 11 is 0. The second kappa shape index (κ2) is 15.7. The van der Waals surface area contributed by atoms with Crippen molar-refractivity contribution in [2.24, 2.45) is 0 Å². The number of carboxylic acid groups (broad SMARTS) is 2. The van der Waals surface area contributed by atoms with Crippen LogP contribution in [-0.4, -0.2) is 22.5 Å². The highest BCUT2D eigenvalue weighted by atomic mass is 16.7. The second-order valence-electron chi connectivity index (χ2n) is 0.634. The van der Waals surface area contributed by atoms with E-state index in [1.165, 1.54) is 0 Å². The molecule has 5 heteroatoms. The van der Waals surface area contributed by atoms with E-state index in [2.05, 4.69) is 31.1 Å². The molecule has 0 aliphatic carbocycles. The molecule has 0 aliphatic rings. The first kappa shape index (κ1) is 16.1. The Morgan fingerprint density at radius 3 is 1.09 bits per heavy atom. The summed E-state index contributed by atoms with van der Waals surface area (Å²) in [4.78, 5) is 18.4. The maximum absolute atomic E-state index is 9.21. The first-order chi connectivity index (χ1) is 5.13. The molecule has 11 heavy (non-hydrogen) atoms. The molecule has 0 aromatic rings. The van der Waals surface area contributed by atoms with Crippen molar-refractivity contribution in [1.82, 2.24) is 0 Å². The number of carbonyl (C=O) groups is 2. The van der Waals surface area contributed by atoms with E-state index in [-0.39, 0.29) is 0 Å². The van der Waals surface area contributed by atoms with Crippen LogP contribution in [-0.2, 0) is 4.74 Å². The zero-order valence-electron chi connectivity index (χ0n) is 5.95. The molecule has 0 amide bonds. The van der Waals surface area contributed by atoms with Crippen LogP contribution < -0.4 is 0 Å². The van der Waals surface area contributed by atoms with Crippen molar-refractivity contribution in [3.63, 3.8) is 0 Å². The van der Waals surface area contributed by atoms with Crippen molar-refractivity contribution in [2.75, 3.05) is 0 Å². The summed E-state index contributed by atoms with van der Waals surface area (Å²) in [6, 6.07) is 0. The fourth-order valence-electron chi connectivity index (χ4n) is 0.0747. The second-order valence-corrected chi connectivity index (χ2v) is 0.634. The quantitative estimate of drug-likeness (QED) is 0.323. The summed E-state index contributed by atoms with van der Waals surface area (Å²) in [5, 5.41) is 15.0. The van der Waals surface area contributed by atoms with E-state index in [1.54, 1.807) is 0 Å². The van der Waals surface area contributed by atoms with Gasteiger partial charge in [-0.15, -0.1) is 26.3 Å². The van der Waals surface area contributed by atoms with Crippen LogP contribution in [0.25, 0.3) is 0 Å². The Hall–Kier alpha value is -1.78. The topological polar surface area (TPSA) is 83.8 Å². The fourth-order valence-corrected chi connectivity index (χ4v) is 0.0747. The highest BCUT2D eigenvalue weighted by Gasteiger charge is 2.01. The van der Waals surface area contributed by atoms with Crippen molar-refractivity contribution in [3.05, 3.63) is 26.3 Å². The first-order valence-electron chi connectivity index (χ1n) is 2.26. The highest BCUT2D eigenvalue weighted by Crippen LogP contribution is 1.73. The average Bonchev–Trinajstić information content (AvgIpc) is 1.93. The van der Waals surface area contributed by atoms with Crippen LogP contribution in [0.2, 0.25) is 0 Å². The van der Waals surface area contributed by atoms with Gasteiger partial charge in [0.2, 0.25) is 0 Å². The molecule has 5 nitrogen and oxygen atoms in total. The zero-order valence-corrected chi connectivity index (χ0v) is 5.95. The fraction of sp³-hybridized carbons (Fsp3) is 0. The van der Waals surface area contributed by atoms with Gasteiger partial charge in [0.25, 0.3) is 0 Å². The van der Waals surface area contributed by atoms with E-state index in [0.29, 0.717) is 0 Å². The molecule has 2 N–H and O–H groups in total. The lowest BCUT2D eigenvalue weighted by Crippen LogP contribution is -2.05. The van der Waals surface area contributed by atoms with Crippen LogP contribution in [0.3, 0.4) is 0 Å². The number of rotatable bonds is 0. The predicted molar refractivity (Wildman–Crippen MR) is 39.6 cm³/mol. The van der Waals surface area contributed by atoms with E-state index in [1.807, 2.05) is 0 Å². The maximum atomic E-state index is 9.21. The third-order valence-corrected chi connectivity index (χ3v) is 0.175. The van der Waals surface area contributed by atoms with Crippen molar-refractivity contribution < 1.29 is 24.5 Å². The van der Waals surface area contributed by atoms with E-state index in [9.17, 15) is 9.59 Å². The smallest absolute Gasteiger partial charge is 0.449 e. The van der Waals surface area contributed by atoms with Gasteiger partial charge in [-0.2, -0.15) is 0 Å². The number of ether oxygens (including phenoxy) is 1. The van der Waals surface area contributed by atoms with Crippen molar-refractivity contribution in [3.8, 4) is 0 Å². The first-order valence-corrected chi connectivity index (χ1v) is 2.26. The molecule has 0 saturated carbocycles. The van der Waals surface area contributed by atoms with Crippen LogP contribution in [0.15, 0.2) is 26.3 Å². The molecule has 0 spiro atoms. The van der Waals surface area contributed by atoms with Crippen molar-refractivity contribution in [2.45, 2.75) is 0 Å². The normalized spacial score (nSPS) is 5.45. The van der Waals surface area contributed by atoms with Crippen LogP contribution in [0.5, 0.6) is 0 Å².